The molecular weight excluding hydrogens is 290 g/mol. The van der Waals surface area contributed by atoms with E-state index in [-0.39, 0.29) is 24.3 Å². The molecule has 1 fully saturated rings. The Morgan fingerprint density at radius 2 is 1.87 bits per heavy atom. The van der Waals surface area contributed by atoms with Crippen LogP contribution in [0.4, 0.5) is 0 Å². The topological polar surface area (TPSA) is 66.4 Å². The molecule has 2 N–H and O–H groups in total. The average molecular weight is 311 g/mol. The highest BCUT2D eigenvalue weighted by molar-refractivity contribution is 5.86. The molecular formula is C19H21NO3. The van der Waals surface area contributed by atoms with Gasteiger partial charge < -0.3 is 10.4 Å². The van der Waals surface area contributed by atoms with E-state index in [1.807, 2.05) is 12.1 Å². The number of benzene rings is 2. The van der Waals surface area contributed by atoms with Crippen molar-refractivity contribution in [2.75, 3.05) is 6.54 Å². The molecule has 2 aromatic carbocycles. The summed E-state index contributed by atoms with van der Waals surface area (Å²) in [5, 5.41) is 14.2. The van der Waals surface area contributed by atoms with Crippen LogP contribution in [0.1, 0.15) is 31.7 Å². The number of carbonyl (C=O) groups is 2. The Morgan fingerprint density at radius 3 is 2.57 bits per heavy atom. The summed E-state index contributed by atoms with van der Waals surface area (Å²) in [5.41, 5.74) is 0.240. The van der Waals surface area contributed by atoms with Gasteiger partial charge in [-0.2, -0.15) is 0 Å². The Balaban J connectivity index is 1.64. The maximum absolute atomic E-state index is 12.2. The lowest BCUT2D eigenvalue weighted by molar-refractivity contribution is -0.146. The molecule has 4 nitrogen and oxygen atoms in total. The molecule has 0 aromatic heterocycles. The lowest BCUT2D eigenvalue weighted by atomic mass is 9.94. The molecule has 1 amide bonds. The van der Waals surface area contributed by atoms with Gasteiger partial charge >= 0.3 is 5.97 Å². The number of hydrogen-bond donors (Lipinski definition) is 2. The molecule has 1 aliphatic rings. The van der Waals surface area contributed by atoms with Crippen LogP contribution in [0.5, 0.6) is 0 Å². The molecule has 1 aliphatic carbocycles. The number of carbonyl (C=O) groups excluding carboxylic acids is 1. The van der Waals surface area contributed by atoms with Gasteiger partial charge in [-0.15, -0.1) is 0 Å². The van der Waals surface area contributed by atoms with Crippen molar-refractivity contribution in [3.05, 3.63) is 48.0 Å². The van der Waals surface area contributed by atoms with Gasteiger partial charge in [-0.1, -0.05) is 42.5 Å². The van der Waals surface area contributed by atoms with E-state index in [1.54, 1.807) is 13.8 Å². The number of carboxylic acid groups (broad SMARTS) is 1. The third-order valence-electron chi connectivity index (χ3n) is 4.61. The first-order valence-corrected chi connectivity index (χ1v) is 7.88. The van der Waals surface area contributed by atoms with Crippen molar-refractivity contribution in [3.63, 3.8) is 0 Å². The predicted molar refractivity (Wildman–Crippen MR) is 89.2 cm³/mol. The Kier molecular flexibility index (Phi) is 3.84. The number of carboxylic acids is 1. The van der Waals surface area contributed by atoms with Crippen LogP contribution >= 0.6 is 0 Å². The van der Waals surface area contributed by atoms with Gasteiger partial charge in [-0.3, -0.25) is 9.59 Å². The van der Waals surface area contributed by atoms with Crippen LogP contribution in [0, 0.1) is 11.3 Å². The number of rotatable bonds is 5. The zero-order valence-electron chi connectivity index (χ0n) is 13.4. The SMILES string of the molecule is CC(C)(CNC(=O)C1CC1c1ccc2ccccc2c1)C(=O)O. The normalized spacial score (nSPS) is 20.3. The van der Waals surface area contributed by atoms with Gasteiger partial charge in [-0.05, 0) is 42.5 Å². The average Bonchev–Trinajstić information content (AvgIpc) is 3.33. The lowest BCUT2D eigenvalue weighted by Crippen LogP contribution is -2.39. The van der Waals surface area contributed by atoms with E-state index in [0.29, 0.717) is 0 Å². The molecule has 2 aromatic rings. The second-order valence-electron chi connectivity index (χ2n) is 6.96. The summed E-state index contributed by atoms with van der Waals surface area (Å²) in [5.74, 6) is -0.745. The summed E-state index contributed by atoms with van der Waals surface area (Å²) in [6.45, 7) is 3.38. The van der Waals surface area contributed by atoms with Crippen molar-refractivity contribution < 1.29 is 14.7 Å². The maximum atomic E-state index is 12.2. The monoisotopic (exact) mass is 311 g/mol. The molecule has 0 spiro atoms. The summed E-state index contributed by atoms with van der Waals surface area (Å²) in [6.07, 6.45) is 0.831. The Hall–Kier alpha value is -2.36. The Bertz CT molecular complexity index is 766. The minimum absolute atomic E-state index is 0.0410. The molecule has 1 saturated carbocycles. The largest absolute Gasteiger partial charge is 0.481 e. The fourth-order valence-corrected chi connectivity index (χ4v) is 2.81. The highest BCUT2D eigenvalue weighted by atomic mass is 16.4. The first kappa shape index (κ1) is 15.5. The van der Waals surface area contributed by atoms with Gasteiger partial charge in [0.25, 0.3) is 0 Å². The van der Waals surface area contributed by atoms with Crippen molar-refractivity contribution in [1.29, 1.82) is 0 Å². The van der Waals surface area contributed by atoms with Crippen molar-refractivity contribution in [1.82, 2.24) is 5.32 Å². The second kappa shape index (κ2) is 5.69. The summed E-state index contributed by atoms with van der Waals surface area (Å²) in [7, 11) is 0. The fraction of sp³-hybridized carbons (Fsp3) is 0.368. The predicted octanol–water partition coefficient (Wildman–Crippen LogP) is 3.17. The van der Waals surface area contributed by atoms with E-state index in [1.165, 1.54) is 16.3 Å². The van der Waals surface area contributed by atoms with Gasteiger partial charge in [0.1, 0.15) is 0 Å². The van der Waals surface area contributed by atoms with Crippen LogP contribution < -0.4 is 5.32 Å². The van der Waals surface area contributed by atoms with E-state index < -0.39 is 11.4 Å². The van der Waals surface area contributed by atoms with E-state index in [0.717, 1.165) is 6.42 Å². The molecule has 0 heterocycles. The number of aliphatic carboxylic acids is 1. The molecule has 2 unspecified atom stereocenters. The number of hydrogen-bond acceptors (Lipinski definition) is 2. The van der Waals surface area contributed by atoms with Gasteiger partial charge in [0.15, 0.2) is 0 Å². The first-order valence-electron chi connectivity index (χ1n) is 7.88. The molecule has 0 saturated heterocycles. The van der Waals surface area contributed by atoms with E-state index in [4.69, 9.17) is 5.11 Å². The quantitative estimate of drug-likeness (QED) is 0.891. The third kappa shape index (κ3) is 3.21. The maximum Gasteiger partial charge on any atom is 0.310 e. The van der Waals surface area contributed by atoms with E-state index >= 15 is 0 Å². The highest BCUT2D eigenvalue weighted by Gasteiger charge is 2.44. The van der Waals surface area contributed by atoms with Crippen LogP contribution in [0.2, 0.25) is 0 Å². The number of amides is 1. The Morgan fingerprint density at radius 1 is 1.17 bits per heavy atom. The van der Waals surface area contributed by atoms with Crippen molar-refractivity contribution >= 4 is 22.6 Å². The lowest BCUT2D eigenvalue weighted by Gasteiger charge is -2.19. The van der Waals surface area contributed by atoms with Crippen LogP contribution in [0.3, 0.4) is 0 Å². The van der Waals surface area contributed by atoms with E-state index in [2.05, 4.69) is 35.6 Å². The molecule has 120 valence electrons. The van der Waals surface area contributed by atoms with Crippen molar-refractivity contribution in [2.24, 2.45) is 11.3 Å². The van der Waals surface area contributed by atoms with Crippen molar-refractivity contribution in [3.8, 4) is 0 Å². The molecule has 3 rings (SSSR count). The smallest absolute Gasteiger partial charge is 0.310 e. The summed E-state index contributed by atoms with van der Waals surface area (Å²) >= 11 is 0. The van der Waals surface area contributed by atoms with Crippen LogP contribution in [0.25, 0.3) is 10.8 Å². The van der Waals surface area contributed by atoms with Crippen LogP contribution in [-0.4, -0.2) is 23.5 Å². The minimum atomic E-state index is -0.941. The van der Waals surface area contributed by atoms with Crippen LogP contribution in [0.15, 0.2) is 42.5 Å². The fourth-order valence-electron chi connectivity index (χ4n) is 2.81. The van der Waals surface area contributed by atoms with Gasteiger partial charge in [0.2, 0.25) is 5.91 Å². The Labute approximate surface area is 135 Å². The first-order chi connectivity index (χ1) is 10.9. The zero-order chi connectivity index (χ0) is 16.6. The van der Waals surface area contributed by atoms with Gasteiger partial charge in [-0.25, -0.2) is 0 Å². The third-order valence-corrected chi connectivity index (χ3v) is 4.61. The summed E-state index contributed by atoms with van der Waals surface area (Å²) < 4.78 is 0. The molecule has 23 heavy (non-hydrogen) atoms. The molecule has 0 bridgehead atoms. The molecule has 4 heteroatoms. The highest BCUT2D eigenvalue weighted by Crippen LogP contribution is 2.48. The van der Waals surface area contributed by atoms with Crippen molar-refractivity contribution in [2.45, 2.75) is 26.2 Å². The molecule has 0 radical (unpaired) electrons. The van der Waals surface area contributed by atoms with E-state index in [9.17, 15) is 9.59 Å². The molecule has 2 atom stereocenters. The number of nitrogens with one attached hydrogen (secondary N) is 1. The zero-order valence-corrected chi connectivity index (χ0v) is 13.4. The van der Waals surface area contributed by atoms with Gasteiger partial charge in [0.05, 0.1) is 5.41 Å². The molecule has 0 aliphatic heterocycles. The summed E-state index contributed by atoms with van der Waals surface area (Å²) in [6, 6.07) is 14.5. The van der Waals surface area contributed by atoms with Crippen LogP contribution in [-0.2, 0) is 9.59 Å². The second-order valence-corrected chi connectivity index (χ2v) is 6.96. The minimum Gasteiger partial charge on any atom is -0.481 e. The summed E-state index contributed by atoms with van der Waals surface area (Å²) in [4.78, 5) is 23.3. The standard InChI is InChI=1S/C19H21NO3/c1-19(2,18(22)23)11-20-17(21)16-10-15(16)14-8-7-12-5-3-4-6-13(12)9-14/h3-9,15-16H,10-11H2,1-2H3,(H,20,21)(H,22,23). The van der Waals surface area contributed by atoms with Gasteiger partial charge in [0, 0.05) is 12.5 Å². The number of fused-ring (bicyclic) bond motifs is 1.